The van der Waals surface area contributed by atoms with Crippen LogP contribution in [0, 0.1) is 5.92 Å². The van der Waals surface area contributed by atoms with E-state index in [1.54, 1.807) is 0 Å². The summed E-state index contributed by atoms with van der Waals surface area (Å²) in [5.41, 5.74) is 0. The van der Waals surface area contributed by atoms with Crippen LogP contribution in [0.1, 0.15) is 25.7 Å². The highest BCUT2D eigenvalue weighted by Gasteiger charge is 2.19. The molecule has 0 aromatic heterocycles. The summed E-state index contributed by atoms with van der Waals surface area (Å²) in [5, 5.41) is 4.04. The van der Waals surface area contributed by atoms with Crippen LogP contribution in [-0.4, -0.2) is 13.6 Å². The van der Waals surface area contributed by atoms with Gasteiger partial charge in [-0.2, -0.15) is 0 Å². The first-order chi connectivity index (χ1) is 3.93. The van der Waals surface area contributed by atoms with Gasteiger partial charge < -0.3 is 0 Å². The smallest absolute Gasteiger partial charge is 0.0130 e. The molecule has 47 valence electrons. The van der Waals surface area contributed by atoms with Crippen molar-refractivity contribution in [1.82, 2.24) is 5.32 Å². The largest absolute Gasteiger partial charge is 0.245 e. The summed E-state index contributed by atoms with van der Waals surface area (Å²) >= 11 is 0. The molecule has 0 saturated heterocycles. The number of rotatable bonds is 4. The van der Waals surface area contributed by atoms with Crippen LogP contribution in [0.25, 0.3) is 0 Å². The second kappa shape index (κ2) is 3.08. The first-order valence-electron chi connectivity index (χ1n) is 3.49. The minimum absolute atomic E-state index is 1.08. The van der Waals surface area contributed by atoms with E-state index in [2.05, 4.69) is 5.32 Å². The first kappa shape index (κ1) is 6.09. The average Bonchev–Trinajstić information content (AvgIpc) is 2.51. The lowest BCUT2D eigenvalue weighted by Crippen LogP contribution is -1.98. The predicted molar refractivity (Wildman–Crippen MR) is 34.9 cm³/mol. The fraction of sp³-hybridized carbons (Fsp3) is 1.00. The van der Waals surface area contributed by atoms with Crippen LogP contribution in [0.4, 0.5) is 0 Å². The molecule has 1 saturated carbocycles. The van der Waals surface area contributed by atoms with Crippen molar-refractivity contribution in [1.29, 1.82) is 0 Å². The van der Waals surface area contributed by atoms with E-state index in [0.717, 1.165) is 12.5 Å². The van der Waals surface area contributed by atoms with E-state index in [1.165, 1.54) is 25.7 Å². The summed E-state index contributed by atoms with van der Waals surface area (Å²) in [6.45, 7) is 1.08. The number of hydrogen-bond acceptors (Lipinski definition) is 0. The monoisotopic (exact) mass is 112 g/mol. The molecule has 0 heterocycles. The summed E-state index contributed by atoms with van der Waals surface area (Å²) < 4.78 is 0. The molecule has 0 bridgehead atoms. The molecule has 0 spiro atoms. The van der Waals surface area contributed by atoms with Crippen LogP contribution >= 0.6 is 0 Å². The van der Waals surface area contributed by atoms with Crippen molar-refractivity contribution >= 4 is 0 Å². The summed E-state index contributed by atoms with van der Waals surface area (Å²) in [6.07, 6.45) is 5.73. The Bertz CT molecular complexity index is 57.4. The van der Waals surface area contributed by atoms with E-state index >= 15 is 0 Å². The molecule has 0 aromatic carbocycles. The molecule has 1 aliphatic rings. The third kappa shape index (κ3) is 2.31. The van der Waals surface area contributed by atoms with Crippen molar-refractivity contribution in [2.75, 3.05) is 13.6 Å². The highest BCUT2D eigenvalue weighted by atomic mass is 14.8. The molecule has 1 rings (SSSR count). The third-order valence-electron chi connectivity index (χ3n) is 1.69. The molecular weight excluding hydrogens is 98.1 g/mol. The van der Waals surface area contributed by atoms with E-state index in [4.69, 9.17) is 0 Å². The second-order valence-electron chi connectivity index (χ2n) is 2.63. The fourth-order valence-electron chi connectivity index (χ4n) is 0.945. The van der Waals surface area contributed by atoms with Crippen molar-refractivity contribution in [3.8, 4) is 0 Å². The average molecular weight is 112 g/mol. The van der Waals surface area contributed by atoms with Gasteiger partial charge in [-0.25, -0.2) is 5.32 Å². The van der Waals surface area contributed by atoms with Gasteiger partial charge >= 0.3 is 0 Å². The Kier molecular flexibility index (Phi) is 2.34. The normalized spacial score (nSPS) is 19.1. The van der Waals surface area contributed by atoms with Gasteiger partial charge in [0.25, 0.3) is 0 Å². The van der Waals surface area contributed by atoms with E-state index < -0.39 is 0 Å². The second-order valence-corrected chi connectivity index (χ2v) is 2.63. The van der Waals surface area contributed by atoms with Crippen molar-refractivity contribution in [3.63, 3.8) is 0 Å². The molecule has 1 heteroatoms. The van der Waals surface area contributed by atoms with Gasteiger partial charge in [0.15, 0.2) is 0 Å². The van der Waals surface area contributed by atoms with E-state index in [1.807, 2.05) is 7.05 Å². The Hall–Kier alpha value is -0.0400. The number of nitrogens with zero attached hydrogens (tertiary/aromatic N) is 1. The minimum atomic E-state index is 1.08. The lowest BCUT2D eigenvalue weighted by Gasteiger charge is -1.93. The molecule has 0 amide bonds. The molecule has 1 fully saturated rings. The predicted octanol–water partition coefficient (Wildman–Crippen LogP) is 1.41. The Balaban J connectivity index is 1.74. The third-order valence-corrected chi connectivity index (χ3v) is 1.69. The van der Waals surface area contributed by atoms with E-state index in [0.29, 0.717) is 0 Å². The summed E-state index contributed by atoms with van der Waals surface area (Å²) in [5.74, 6) is 1.09. The topological polar surface area (TPSA) is 14.1 Å². The molecule has 1 aliphatic carbocycles. The minimum Gasteiger partial charge on any atom is -0.245 e. The van der Waals surface area contributed by atoms with E-state index in [-0.39, 0.29) is 0 Å². The molecule has 0 aliphatic heterocycles. The molecule has 0 atom stereocenters. The van der Waals surface area contributed by atoms with Crippen molar-refractivity contribution < 1.29 is 0 Å². The standard InChI is InChI=1S/C7H14N/c1-8-6-2-3-7-4-5-7/h7H,2-6H2,1H3. The molecular formula is C7H14N. The van der Waals surface area contributed by atoms with Gasteiger partial charge in [0.1, 0.15) is 0 Å². The van der Waals surface area contributed by atoms with Crippen LogP contribution in [0.15, 0.2) is 0 Å². The molecule has 1 nitrogen and oxygen atoms in total. The first-order valence-corrected chi connectivity index (χ1v) is 3.49. The van der Waals surface area contributed by atoms with Crippen LogP contribution in [0.5, 0.6) is 0 Å². The summed E-state index contributed by atoms with van der Waals surface area (Å²) in [6, 6.07) is 0. The highest BCUT2D eigenvalue weighted by Crippen LogP contribution is 2.33. The Morgan fingerprint density at radius 1 is 1.50 bits per heavy atom. The molecule has 8 heavy (non-hydrogen) atoms. The van der Waals surface area contributed by atoms with Crippen LogP contribution in [0.3, 0.4) is 0 Å². The van der Waals surface area contributed by atoms with Gasteiger partial charge in [0, 0.05) is 13.6 Å². The number of hydrogen-bond donors (Lipinski definition) is 0. The zero-order valence-electron chi connectivity index (χ0n) is 5.56. The zero-order valence-corrected chi connectivity index (χ0v) is 5.56. The van der Waals surface area contributed by atoms with Gasteiger partial charge in [0.2, 0.25) is 0 Å². The van der Waals surface area contributed by atoms with Crippen LogP contribution in [0.2, 0.25) is 0 Å². The maximum Gasteiger partial charge on any atom is 0.0130 e. The van der Waals surface area contributed by atoms with Crippen molar-refractivity contribution in [2.24, 2.45) is 5.92 Å². The molecule has 1 radical (unpaired) electrons. The Morgan fingerprint density at radius 2 is 2.25 bits per heavy atom. The van der Waals surface area contributed by atoms with Crippen molar-refractivity contribution in [2.45, 2.75) is 25.7 Å². The molecule has 0 aromatic rings. The lowest BCUT2D eigenvalue weighted by atomic mass is 10.2. The van der Waals surface area contributed by atoms with Gasteiger partial charge in [-0.3, -0.25) is 0 Å². The van der Waals surface area contributed by atoms with Crippen LogP contribution in [-0.2, 0) is 0 Å². The maximum atomic E-state index is 4.04. The fourth-order valence-corrected chi connectivity index (χ4v) is 0.945. The van der Waals surface area contributed by atoms with Crippen LogP contribution < -0.4 is 5.32 Å². The van der Waals surface area contributed by atoms with Gasteiger partial charge in [0.05, 0.1) is 0 Å². The zero-order chi connectivity index (χ0) is 5.82. The lowest BCUT2D eigenvalue weighted by molar-refractivity contribution is 0.626. The Labute approximate surface area is 51.5 Å². The van der Waals surface area contributed by atoms with Gasteiger partial charge in [-0.15, -0.1) is 0 Å². The van der Waals surface area contributed by atoms with Gasteiger partial charge in [-0.05, 0) is 18.8 Å². The van der Waals surface area contributed by atoms with Gasteiger partial charge in [-0.1, -0.05) is 12.8 Å². The highest BCUT2D eigenvalue weighted by molar-refractivity contribution is 4.72. The maximum absolute atomic E-state index is 4.04. The van der Waals surface area contributed by atoms with Crippen molar-refractivity contribution in [3.05, 3.63) is 0 Å². The quantitative estimate of drug-likeness (QED) is 0.488. The molecule has 0 N–H and O–H groups in total. The Morgan fingerprint density at radius 3 is 2.75 bits per heavy atom. The summed E-state index contributed by atoms with van der Waals surface area (Å²) in [7, 11) is 1.90. The molecule has 0 unspecified atom stereocenters. The van der Waals surface area contributed by atoms with E-state index in [9.17, 15) is 0 Å². The summed E-state index contributed by atoms with van der Waals surface area (Å²) in [4.78, 5) is 0. The SMILES string of the molecule is C[N]CCCC1CC1.